The van der Waals surface area contributed by atoms with Crippen molar-refractivity contribution in [3.63, 3.8) is 0 Å². The maximum absolute atomic E-state index is 14.4. The summed E-state index contributed by atoms with van der Waals surface area (Å²) in [6.45, 7) is 12.7. The van der Waals surface area contributed by atoms with E-state index in [0.717, 1.165) is 74.3 Å². The monoisotopic (exact) mass is 1060 g/mol. The largest absolute Gasteiger partial charge is 0.455 e. The summed E-state index contributed by atoms with van der Waals surface area (Å²) in [5.41, 5.74) is 6.38. The lowest BCUT2D eigenvalue weighted by molar-refractivity contribution is -0.149. The van der Waals surface area contributed by atoms with E-state index in [9.17, 15) is 33.2 Å². The lowest BCUT2D eigenvalue weighted by Crippen LogP contribution is -2.48. The smallest absolute Gasteiger partial charge is 0.407 e. The van der Waals surface area contributed by atoms with Gasteiger partial charge in [0.2, 0.25) is 5.91 Å². The molecular weight excluding hydrogens is 976 g/mol. The molecule has 0 bridgehead atoms. The summed E-state index contributed by atoms with van der Waals surface area (Å²) in [4.78, 5) is 88.8. The number of esters is 1. The molecule has 4 N–H and O–H groups in total. The Morgan fingerprint density at radius 3 is 2.21 bits per heavy atom. The molecule has 0 radical (unpaired) electrons. The molecule has 1 aromatic carbocycles. The first-order valence-corrected chi connectivity index (χ1v) is 29.9. The van der Waals surface area contributed by atoms with Gasteiger partial charge < -0.3 is 30.7 Å². The van der Waals surface area contributed by atoms with Gasteiger partial charge >= 0.3 is 12.1 Å². The normalized spacial score (nSPS) is 16.5. The number of likely N-dealkylation sites (tertiary alicyclic amines) is 1. The van der Waals surface area contributed by atoms with Gasteiger partial charge in [0.15, 0.2) is 17.7 Å². The van der Waals surface area contributed by atoms with Crippen molar-refractivity contribution in [3.8, 4) is 0 Å². The quantitative estimate of drug-likeness (QED) is 0.0332. The van der Waals surface area contributed by atoms with Crippen LogP contribution in [0.2, 0.25) is 0 Å². The number of likely N-dealkylation sites (N-methyl/N-ethyl adjacent to an activating group) is 1. The van der Waals surface area contributed by atoms with Gasteiger partial charge in [-0.25, -0.2) is 14.2 Å². The predicted molar refractivity (Wildman–Crippen MR) is 290 cm³/mol. The van der Waals surface area contributed by atoms with Gasteiger partial charge in [0.05, 0.1) is 12.6 Å². The fraction of sp³-hybridized carbons (Fsp3) is 0.722. The number of halogens is 1. The number of hydrogen-bond acceptors (Lipinski definition) is 14. The maximum Gasteiger partial charge on any atom is 0.407 e. The number of carbonyl (C=O) groups is 6. The summed E-state index contributed by atoms with van der Waals surface area (Å²) in [7, 11) is 7.17. The number of ether oxygens (including phenoxy) is 2. The highest BCUT2D eigenvalue weighted by atomic mass is 33.1. The molecule has 1 fully saturated rings. The Bertz CT molecular complexity index is 1940. The molecule has 2 aromatic rings. The molecule has 0 spiro atoms. The van der Waals surface area contributed by atoms with Gasteiger partial charge in [0, 0.05) is 67.6 Å². The number of aromatic nitrogens is 1. The van der Waals surface area contributed by atoms with Crippen molar-refractivity contribution < 1.29 is 42.6 Å². The average molecular weight is 1060 g/mol. The third kappa shape index (κ3) is 23.3. The molecule has 1 aliphatic heterocycles. The Morgan fingerprint density at radius 2 is 1.58 bits per heavy atom. The highest BCUT2D eigenvalue weighted by Gasteiger charge is 2.38. The van der Waals surface area contributed by atoms with Gasteiger partial charge in [0.25, 0.3) is 5.91 Å². The zero-order valence-electron chi connectivity index (χ0n) is 44.6. The first-order chi connectivity index (χ1) is 34.4. The molecule has 0 saturated carbocycles. The number of amides is 3. The van der Waals surface area contributed by atoms with Crippen molar-refractivity contribution in [1.29, 1.82) is 0 Å². The van der Waals surface area contributed by atoms with E-state index in [1.807, 2.05) is 34.7 Å². The number of Topliss-reactive ketones (excluding diaryl/α,β-unsaturated/α-hetero) is 2. The third-order valence-corrected chi connectivity index (χ3v) is 17.3. The van der Waals surface area contributed by atoms with Crippen molar-refractivity contribution >= 4 is 68.4 Å². The maximum atomic E-state index is 14.4. The molecule has 1 unspecified atom stereocenters. The number of carbonyl (C=O) groups excluding carboxylic acids is 6. The molecule has 14 nitrogen and oxygen atoms in total. The second-order valence-corrected chi connectivity index (χ2v) is 23.6. The van der Waals surface area contributed by atoms with Gasteiger partial charge in [-0.3, -0.25) is 28.9 Å². The van der Waals surface area contributed by atoms with E-state index in [4.69, 9.17) is 15.2 Å². The lowest BCUT2D eigenvalue weighted by atomic mass is 9.83. The molecule has 0 aliphatic carbocycles. The number of unbranched alkanes of at least 4 members (excludes halogenated alkanes) is 8. The highest BCUT2D eigenvalue weighted by molar-refractivity contribution is 8.76. The molecule has 2 heterocycles. The number of nitrogens with two attached hydrogens (primary N) is 1. The second kappa shape index (κ2) is 34.8. The Morgan fingerprint density at radius 1 is 0.931 bits per heavy atom. The van der Waals surface area contributed by atoms with Gasteiger partial charge in [-0.05, 0) is 88.2 Å². The Hall–Kier alpha value is -3.58. The lowest BCUT2D eigenvalue weighted by Gasteiger charge is -2.37. The van der Waals surface area contributed by atoms with E-state index in [2.05, 4.69) is 20.5 Å². The minimum atomic E-state index is -0.877. The van der Waals surface area contributed by atoms with Crippen LogP contribution in [0.5, 0.6) is 0 Å². The van der Waals surface area contributed by atoms with Crippen molar-refractivity contribution in [2.24, 2.45) is 29.4 Å². The first-order valence-electron chi connectivity index (χ1n) is 26.5. The minimum Gasteiger partial charge on any atom is -0.455 e. The van der Waals surface area contributed by atoms with Gasteiger partial charge in [-0.1, -0.05) is 126 Å². The van der Waals surface area contributed by atoms with Crippen LogP contribution < -0.4 is 16.4 Å². The molecule has 18 heteroatoms. The number of ketones is 2. The SMILES string of the molecule is CC[C@H](C)C(CC(=O)[C@H]1CCCCN1C)C(=O)N(C)[C@H](C[C@@H](OC(C)=O)c1nc(C(=O)N[C@@H](Cc2ccc(F)cc2)C[C@H](C)C(=O)CNC(=O)OCCSSCCCCCCCCCCCN)cs1)C(C)C. The average Bonchev–Trinajstić information content (AvgIpc) is 3.85. The summed E-state index contributed by atoms with van der Waals surface area (Å²) < 4.78 is 25.0. The van der Waals surface area contributed by atoms with E-state index in [1.54, 1.807) is 58.0 Å². The first kappa shape index (κ1) is 62.7. The van der Waals surface area contributed by atoms with Crippen LogP contribution in [0.25, 0.3) is 0 Å². The van der Waals surface area contributed by atoms with Crippen molar-refractivity contribution in [1.82, 2.24) is 25.4 Å². The van der Waals surface area contributed by atoms with E-state index < -0.39 is 53.8 Å². The zero-order chi connectivity index (χ0) is 53.0. The molecule has 1 aromatic heterocycles. The Labute approximate surface area is 442 Å². The van der Waals surface area contributed by atoms with E-state index in [1.165, 1.54) is 64.0 Å². The number of alkyl carbamates (subject to hydrolysis) is 1. The molecular formula is C54H87FN6O8S3. The number of nitrogens with zero attached hydrogens (tertiary/aromatic N) is 3. The topological polar surface area (TPSA) is 190 Å². The van der Waals surface area contributed by atoms with E-state index >= 15 is 0 Å². The van der Waals surface area contributed by atoms with Crippen LogP contribution >= 0.6 is 32.9 Å². The van der Waals surface area contributed by atoms with E-state index in [-0.39, 0.29) is 79.9 Å². The van der Waals surface area contributed by atoms with Crippen molar-refractivity contribution in [3.05, 3.63) is 51.7 Å². The zero-order valence-corrected chi connectivity index (χ0v) is 47.0. The van der Waals surface area contributed by atoms with Gasteiger partial charge in [-0.2, -0.15) is 0 Å². The number of rotatable bonds is 36. The van der Waals surface area contributed by atoms with Crippen LogP contribution in [0.4, 0.5) is 9.18 Å². The Kier molecular flexibility index (Phi) is 30.3. The van der Waals surface area contributed by atoms with E-state index in [0.29, 0.717) is 10.8 Å². The van der Waals surface area contributed by atoms with Crippen LogP contribution in [0, 0.1) is 29.5 Å². The van der Waals surface area contributed by atoms with Crippen molar-refractivity contribution in [2.45, 2.75) is 175 Å². The minimum absolute atomic E-state index is 0.0335. The fourth-order valence-corrected chi connectivity index (χ4v) is 12.1. The molecule has 72 heavy (non-hydrogen) atoms. The standard InChI is InChI=1S/C54H87FN6O8S3/c1-9-38(4)44(33-48(63)46-21-17-19-27-60(46)7)53(66)61(8)47(37(2)3)34-50(69-40(6)62)52-59-45(36-70-52)51(65)58-43(32-41-22-24-42(55)25-23-41)31-39(5)49(64)35-57-54(67)68-28-30-72-71-29-20-16-14-12-10-11-13-15-18-26-56/h22-25,36-39,43-44,46-47,50H,9-21,26-35,56H2,1-8H3,(H,57,67)(H,58,65)/t38-,39-,43+,44?,46+,47+,50+/m0/s1. The molecule has 7 atom stereocenters. The highest BCUT2D eigenvalue weighted by Crippen LogP contribution is 2.33. The third-order valence-electron chi connectivity index (χ3n) is 13.9. The summed E-state index contributed by atoms with van der Waals surface area (Å²) in [5, 5.41) is 7.55. The fourth-order valence-electron chi connectivity index (χ4n) is 9.24. The molecule has 1 aliphatic rings. The van der Waals surface area contributed by atoms with Gasteiger partial charge in [0.1, 0.15) is 23.1 Å². The molecule has 3 rings (SSSR count). The Balaban J connectivity index is 1.59. The molecule has 1 saturated heterocycles. The van der Waals surface area contributed by atoms with Crippen LogP contribution in [0.1, 0.15) is 171 Å². The summed E-state index contributed by atoms with van der Waals surface area (Å²) in [5.74, 6) is -1.24. The number of nitrogens with one attached hydrogen (secondary N) is 2. The number of benzene rings is 1. The van der Waals surface area contributed by atoms with Crippen molar-refractivity contribution in [2.75, 3.05) is 51.8 Å². The van der Waals surface area contributed by atoms with Crippen LogP contribution in [0.3, 0.4) is 0 Å². The number of piperidine rings is 1. The van der Waals surface area contributed by atoms with Crippen LogP contribution in [0.15, 0.2) is 29.6 Å². The molecule has 406 valence electrons. The van der Waals surface area contributed by atoms with Gasteiger partial charge in [-0.15, -0.1) is 11.3 Å². The summed E-state index contributed by atoms with van der Waals surface area (Å²) in [6, 6.07) is 4.75. The van der Waals surface area contributed by atoms with Crippen LogP contribution in [-0.2, 0) is 35.1 Å². The van der Waals surface area contributed by atoms with Crippen LogP contribution in [-0.4, -0.2) is 120 Å². The predicted octanol–water partition coefficient (Wildman–Crippen LogP) is 10.4. The number of hydrogen-bond donors (Lipinski definition) is 3. The molecule has 3 amide bonds. The second-order valence-electron chi connectivity index (χ2n) is 20.0. The number of thiazole rings is 1. The summed E-state index contributed by atoms with van der Waals surface area (Å²) in [6.07, 6.45) is 14.0. The summed E-state index contributed by atoms with van der Waals surface area (Å²) >= 11 is 1.16.